The Labute approximate surface area is 157 Å². The van der Waals surface area contributed by atoms with Crippen molar-refractivity contribution in [2.24, 2.45) is 0 Å². The molecule has 0 aliphatic carbocycles. The van der Waals surface area contributed by atoms with Crippen LogP contribution in [0.4, 0.5) is 4.39 Å². The van der Waals surface area contributed by atoms with Crippen LogP contribution in [0.3, 0.4) is 0 Å². The second-order valence-electron chi connectivity index (χ2n) is 6.66. The van der Waals surface area contributed by atoms with Gasteiger partial charge in [-0.3, -0.25) is 4.79 Å². The molecular formula is C21H23FN2O3. The molecule has 1 atom stereocenters. The maximum Gasteiger partial charge on any atom is 0.287 e. The van der Waals surface area contributed by atoms with Crippen molar-refractivity contribution in [2.75, 3.05) is 27.7 Å². The van der Waals surface area contributed by atoms with Gasteiger partial charge in [0.05, 0.1) is 13.2 Å². The molecule has 0 saturated carbocycles. The lowest BCUT2D eigenvalue weighted by molar-refractivity contribution is 0.0915. The summed E-state index contributed by atoms with van der Waals surface area (Å²) in [6.45, 7) is 2.17. The molecule has 0 spiro atoms. The molecular weight excluding hydrogens is 347 g/mol. The molecule has 1 heterocycles. The lowest BCUT2D eigenvalue weighted by atomic mass is 10.1. The van der Waals surface area contributed by atoms with Crippen LogP contribution in [0.15, 0.2) is 46.9 Å². The van der Waals surface area contributed by atoms with Gasteiger partial charge < -0.3 is 19.4 Å². The lowest BCUT2D eigenvalue weighted by Gasteiger charge is -2.25. The first-order chi connectivity index (χ1) is 12.9. The summed E-state index contributed by atoms with van der Waals surface area (Å²) >= 11 is 0. The third kappa shape index (κ3) is 3.95. The highest BCUT2D eigenvalue weighted by atomic mass is 19.1. The van der Waals surface area contributed by atoms with Crippen LogP contribution in [-0.4, -0.2) is 38.6 Å². The van der Waals surface area contributed by atoms with Crippen molar-refractivity contribution in [3.8, 4) is 5.75 Å². The van der Waals surface area contributed by atoms with Gasteiger partial charge in [-0.1, -0.05) is 12.1 Å². The minimum Gasteiger partial charge on any atom is -0.497 e. The smallest absolute Gasteiger partial charge is 0.287 e. The second-order valence-corrected chi connectivity index (χ2v) is 6.66. The number of furan rings is 1. The predicted octanol–water partition coefficient (Wildman–Crippen LogP) is 3.92. The van der Waals surface area contributed by atoms with Crippen LogP contribution in [0.2, 0.25) is 0 Å². The number of halogens is 1. The first-order valence-electron chi connectivity index (χ1n) is 8.68. The maximum absolute atomic E-state index is 13.6. The molecule has 1 aromatic heterocycles. The van der Waals surface area contributed by atoms with Crippen LogP contribution in [0, 0.1) is 12.7 Å². The summed E-state index contributed by atoms with van der Waals surface area (Å²) in [7, 11) is 5.37. The van der Waals surface area contributed by atoms with Crippen molar-refractivity contribution in [1.29, 1.82) is 0 Å². The number of likely N-dealkylation sites (N-methyl/N-ethyl adjacent to an activating group) is 1. The van der Waals surface area contributed by atoms with Gasteiger partial charge in [0.15, 0.2) is 5.76 Å². The highest BCUT2D eigenvalue weighted by molar-refractivity contribution is 5.99. The Morgan fingerprint density at radius 2 is 2.04 bits per heavy atom. The normalized spacial score (nSPS) is 12.4. The van der Waals surface area contributed by atoms with Gasteiger partial charge >= 0.3 is 0 Å². The standard InChI is InChI=1S/C21H23FN2O3/c1-13-17-11-16(26-4)8-9-19(17)27-20(13)21(25)23-12-18(24(2)3)14-6-5-7-15(22)10-14/h5-11,18H,12H2,1-4H3,(H,23,25)/t18-/m0/s1. The zero-order valence-electron chi connectivity index (χ0n) is 15.9. The summed E-state index contributed by atoms with van der Waals surface area (Å²) < 4.78 is 24.5. The van der Waals surface area contributed by atoms with Gasteiger partial charge in [0.25, 0.3) is 5.91 Å². The number of carbonyl (C=O) groups excluding carboxylic acids is 1. The van der Waals surface area contributed by atoms with Crippen molar-refractivity contribution in [2.45, 2.75) is 13.0 Å². The molecule has 3 aromatic rings. The van der Waals surface area contributed by atoms with Crippen molar-refractivity contribution >= 4 is 16.9 Å². The summed E-state index contributed by atoms with van der Waals surface area (Å²) in [5.74, 6) is 0.380. The average molecular weight is 370 g/mol. The van der Waals surface area contributed by atoms with Crippen molar-refractivity contribution in [3.63, 3.8) is 0 Å². The fraction of sp³-hybridized carbons (Fsp3) is 0.286. The molecule has 5 nitrogen and oxygen atoms in total. The number of nitrogens with zero attached hydrogens (tertiary/aromatic N) is 1. The third-order valence-electron chi connectivity index (χ3n) is 4.66. The van der Waals surface area contributed by atoms with Gasteiger partial charge in [-0.15, -0.1) is 0 Å². The van der Waals surface area contributed by atoms with Gasteiger partial charge in [0.1, 0.15) is 17.1 Å². The third-order valence-corrected chi connectivity index (χ3v) is 4.66. The minimum atomic E-state index is -0.300. The van der Waals surface area contributed by atoms with Crippen LogP contribution in [-0.2, 0) is 0 Å². The average Bonchev–Trinajstić information content (AvgIpc) is 2.97. The number of carbonyl (C=O) groups is 1. The van der Waals surface area contributed by atoms with Crippen LogP contribution < -0.4 is 10.1 Å². The van der Waals surface area contributed by atoms with Crippen molar-refractivity contribution in [3.05, 3.63) is 65.2 Å². The zero-order chi connectivity index (χ0) is 19.6. The van der Waals surface area contributed by atoms with Gasteiger partial charge in [0, 0.05) is 17.5 Å². The van der Waals surface area contributed by atoms with E-state index in [0.717, 1.165) is 16.5 Å². The van der Waals surface area contributed by atoms with E-state index in [1.165, 1.54) is 12.1 Å². The molecule has 0 aliphatic heterocycles. The lowest BCUT2D eigenvalue weighted by Crippen LogP contribution is -2.34. The molecule has 142 valence electrons. The number of fused-ring (bicyclic) bond motifs is 1. The summed E-state index contributed by atoms with van der Waals surface area (Å²) in [5, 5.41) is 3.74. The Morgan fingerprint density at radius 1 is 1.26 bits per heavy atom. The molecule has 0 radical (unpaired) electrons. The quantitative estimate of drug-likeness (QED) is 0.715. The molecule has 0 unspecified atom stereocenters. The largest absolute Gasteiger partial charge is 0.497 e. The van der Waals surface area contributed by atoms with E-state index in [1.54, 1.807) is 25.3 Å². The molecule has 0 bridgehead atoms. The molecule has 0 aliphatic rings. The minimum absolute atomic E-state index is 0.158. The molecule has 6 heteroatoms. The van der Waals surface area contributed by atoms with Gasteiger partial charge in [-0.05, 0) is 56.9 Å². The van der Waals surface area contributed by atoms with Crippen LogP contribution in [0.5, 0.6) is 5.75 Å². The molecule has 0 fully saturated rings. The SMILES string of the molecule is COc1ccc2oc(C(=O)NC[C@@H](c3cccc(F)c3)N(C)C)c(C)c2c1. The van der Waals surface area contributed by atoms with Crippen LogP contribution >= 0.6 is 0 Å². The predicted molar refractivity (Wildman–Crippen MR) is 103 cm³/mol. The molecule has 0 saturated heterocycles. The summed E-state index contributed by atoms with van der Waals surface area (Å²) in [5.41, 5.74) is 2.19. The van der Waals surface area contributed by atoms with E-state index in [-0.39, 0.29) is 23.5 Å². The summed E-state index contributed by atoms with van der Waals surface area (Å²) in [6, 6.07) is 11.7. The van der Waals surface area contributed by atoms with Crippen molar-refractivity contribution < 1.29 is 18.3 Å². The first kappa shape index (κ1) is 18.9. The van der Waals surface area contributed by atoms with E-state index in [2.05, 4.69) is 5.32 Å². The highest BCUT2D eigenvalue weighted by Crippen LogP contribution is 2.29. The van der Waals surface area contributed by atoms with Gasteiger partial charge in [0.2, 0.25) is 0 Å². The second kappa shape index (κ2) is 7.80. The topological polar surface area (TPSA) is 54.7 Å². The van der Waals surface area contributed by atoms with E-state index in [0.29, 0.717) is 17.9 Å². The highest BCUT2D eigenvalue weighted by Gasteiger charge is 2.21. The number of amides is 1. The van der Waals surface area contributed by atoms with Gasteiger partial charge in [-0.25, -0.2) is 4.39 Å². The Hall–Kier alpha value is -2.86. The van der Waals surface area contributed by atoms with Crippen LogP contribution in [0.1, 0.15) is 27.7 Å². The fourth-order valence-corrected chi connectivity index (χ4v) is 3.13. The number of benzene rings is 2. The Balaban J connectivity index is 1.80. The van der Waals surface area contributed by atoms with E-state index >= 15 is 0 Å². The zero-order valence-corrected chi connectivity index (χ0v) is 15.9. The van der Waals surface area contributed by atoms with E-state index in [4.69, 9.17) is 9.15 Å². The monoisotopic (exact) mass is 370 g/mol. The van der Waals surface area contributed by atoms with E-state index in [1.807, 2.05) is 38.1 Å². The molecule has 1 amide bonds. The van der Waals surface area contributed by atoms with E-state index in [9.17, 15) is 9.18 Å². The molecule has 27 heavy (non-hydrogen) atoms. The number of aryl methyl sites for hydroxylation is 1. The number of nitrogens with one attached hydrogen (secondary N) is 1. The Morgan fingerprint density at radius 3 is 2.70 bits per heavy atom. The molecule has 3 rings (SSSR count). The van der Waals surface area contributed by atoms with Crippen molar-refractivity contribution in [1.82, 2.24) is 10.2 Å². The molecule has 1 N–H and O–H groups in total. The van der Waals surface area contributed by atoms with Crippen LogP contribution in [0.25, 0.3) is 11.0 Å². The number of rotatable bonds is 6. The number of ether oxygens (including phenoxy) is 1. The molecule has 2 aromatic carbocycles. The summed E-state index contributed by atoms with van der Waals surface area (Å²) in [6.07, 6.45) is 0. The number of hydrogen-bond acceptors (Lipinski definition) is 4. The number of methoxy groups -OCH3 is 1. The summed E-state index contributed by atoms with van der Waals surface area (Å²) in [4.78, 5) is 14.6. The van der Waals surface area contributed by atoms with E-state index < -0.39 is 0 Å². The Kier molecular flexibility index (Phi) is 5.46. The first-order valence-corrected chi connectivity index (χ1v) is 8.68. The Bertz CT molecular complexity index is 965. The number of hydrogen-bond donors (Lipinski definition) is 1. The fourth-order valence-electron chi connectivity index (χ4n) is 3.13. The van der Waals surface area contributed by atoms with Gasteiger partial charge in [-0.2, -0.15) is 0 Å². The maximum atomic E-state index is 13.6.